The van der Waals surface area contributed by atoms with Crippen molar-refractivity contribution in [2.75, 3.05) is 17.2 Å². The predicted octanol–water partition coefficient (Wildman–Crippen LogP) is 7.20. The number of fused-ring (bicyclic) bond motifs is 3. The van der Waals surface area contributed by atoms with E-state index in [4.69, 9.17) is 4.74 Å². The molecular formula is C53H53F3N6O10. The zero-order valence-electron chi connectivity index (χ0n) is 39.7. The van der Waals surface area contributed by atoms with Gasteiger partial charge in [0.15, 0.2) is 0 Å². The molecule has 1 unspecified atom stereocenters. The van der Waals surface area contributed by atoms with Gasteiger partial charge in [0.05, 0.1) is 11.1 Å². The largest absolute Gasteiger partial charge is 0.427 e. The molecule has 3 heterocycles. The summed E-state index contributed by atoms with van der Waals surface area (Å²) in [5, 5.41) is 7.94. The van der Waals surface area contributed by atoms with E-state index in [-0.39, 0.29) is 55.0 Å². The summed E-state index contributed by atoms with van der Waals surface area (Å²) in [6.07, 6.45) is -0.797. The summed E-state index contributed by atoms with van der Waals surface area (Å²) < 4.78 is 47.3. The van der Waals surface area contributed by atoms with Crippen molar-refractivity contribution in [2.24, 2.45) is 0 Å². The number of unbranched alkanes of at least 4 members (excludes halogenated alkanes) is 3. The lowest BCUT2D eigenvalue weighted by atomic mass is 9.94. The lowest BCUT2D eigenvalue weighted by Crippen LogP contribution is -2.54. The first kappa shape index (κ1) is 50.7. The molecule has 0 aromatic heterocycles. The number of hydrogen-bond donors (Lipinski definition) is 3. The monoisotopic (exact) mass is 990 g/mol. The zero-order valence-corrected chi connectivity index (χ0v) is 39.7. The van der Waals surface area contributed by atoms with Gasteiger partial charge in [-0.25, -0.2) is 9.69 Å². The van der Waals surface area contributed by atoms with E-state index in [1.165, 1.54) is 0 Å². The number of aryl methyl sites for hydroxylation is 4. The summed E-state index contributed by atoms with van der Waals surface area (Å²) >= 11 is 0. The fourth-order valence-electron chi connectivity index (χ4n) is 9.57. The third-order valence-corrected chi connectivity index (χ3v) is 13.7. The highest BCUT2D eigenvalue weighted by Crippen LogP contribution is 2.46. The van der Waals surface area contributed by atoms with Crippen molar-refractivity contribution in [2.45, 2.75) is 121 Å². The van der Waals surface area contributed by atoms with Crippen LogP contribution in [0.5, 0.6) is 0 Å². The summed E-state index contributed by atoms with van der Waals surface area (Å²) in [4.78, 5) is 118. The normalized spacial score (nSPS) is 18.8. The smallest absolute Gasteiger partial charge is 0.418 e. The second-order valence-electron chi connectivity index (χ2n) is 18.7. The average molecular weight is 991 g/mol. The highest BCUT2D eigenvalue weighted by Gasteiger charge is 2.59. The van der Waals surface area contributed by atoms with Crippen molar-refractivity contribution in [3.63, 3.8) is 0 Å². The third-order valence-electron chi connectivity index (χ3n) is 13.7. The van der Waals surface area contributed by atoms with E-state index >= 15 is 0 Å². The fourth-order valence-corrected chi connectivity index (χ4v) is 9.57. The number of benzene rings is 4. The molecule has 1 spiro atoms. The molecule has 4 aliphatic rings. The molecule has 0 radical (unpaired) electrons. The summed E-state index contributed by atoms with van der Waals surface area (Å²) in [6.45, 7) is 1.33. The molecule has 8 rings (SSSR count). The van der Waals surface area contributed by atoms with Crippen LogP contribution in [0.4, 0.5) is 29.3 Å². The lowest BCUT2D eigenvalue weighted by molar-refractivity contribution is -0.187. The molecule has 4 aromatic carbocycles. The van der Waals surface area contributed by atoms with Gasteiger partial charge >= 0.3 is 12.3 Å². The Morgan fingerprint density at radius 2 is 1.42 bits per heavy atom. The Labute approximate surface area is 412 Å². The van der Waals surface area contributed by atoms with Crippen molar-refractivity contribution >= 4 is 64.7 Å². The van der Waals surface area contributed by atoms with Gasteiger partial charge in [0.2, 0.25) is 35.1 Å². The van der Waals surface area contributed by atoms with Crippen molar-refractivity contribution in [3.8, 4) is 0 Å². The number of hydrogen-bond acceptors (Lipinski definition) is 10. The van der Waals surface area contributed by atoms with Crippen LogP contribution < -0.4 is 16.0 Å². The van der Waals surface area contributed by atoms with Crippen molar-refractivity contribution in [1.82, 2.24) is 20.0 Å². The van der Waals surface area contributed by atoms with E-state index in [2.05, 4.69) is 16.0 Å². The quantitative estimate of drug-likeness (QED) is 0.0675. The Kier molecular flexibility index (Phi) is 14.7. The number of ether oxygens (including phenoxy) is 1. The molecule has 9 amide bonds. The minimum Gasteiger partial charge on any atom is -0.427 e. The molecule has 3 aliphatic heterocycles. The summed E-state index contributed by atoms with van der Waals surface area (Å²) in [6, 6.07) is 20.5. The summed E-state index contributed by atoms with van der Waals surface area (Å²) in [5.74, 6) is -4.51. The first-order valence-electron chi connectivity index (χ1n) is 23.9. The number of rotatable bonds is 18. The molecule has 19 heteroatoms. The van der Waals surface area contributed by atoms with Crippen LogP contribution in [0.15, 0.2) is 84.9 Å². The second-order valence-corrected chi connectivity index (χ2v) is 18.7. The Morgan fingerprint density at radius 1 is 0.764 bits per heavy atom. The molecule has 2 fully saturated rings. The van der Waals surface area contributed by atoms with Gasteiger partial charge < -0.3 is 20.3 Å². The van der Waals surface area contributed by atoms with Crippen LogP contribution in [0.3, 0.4) is 0 Å². The number of carbonyl (C=O) groups is 9. The number of piperidine rings is 1. The fraction of sp³-hybridized carbons (Fsp3) is 0.377. The van der Waals surface area contributed by atoms with Gasteiger partial charge in [-0.3, -0.25) is 48.6 Å². The van der Waals surface area contributed by atoms with Crippen LogP contribution in [0.2, 0.25) is 0 Å². The zero-order chi connectivity index (χ0) is 51.5. The van der Waals surface area contributed by atoms with E-state index in [1.54, 1.807) is 72.8 Å². The molecule has 1 aliphatic carbocycles. The molecular weight excluding hydrogens is 938 g/mol. The summed E-state index contributed by atoms with van der Waals surface area (Å²) in [7, 11) is 0. The number of nitrogens with zero attached hydrogens (tertiary/aromatic N) is 3. The van der Waals surface area contributed by atoms with Crippen molar-refractivity contribution in [1.29, 1.82) is 0 Å². The Morgan fingerprint density at radius 3 is 2.14 bits per heavy atom. The van der Waals surface area contributed by atoms with Gasteiger partial charge in [-0.05, 0) is 111 Å². The maximum atomic E-state index is 13.9. The highest BCUT2D eigenvalue weighted by molar-refractivity contribution is 6.23. The Hall–Kier alpha value is -7.70. The van der Waals surface area contributed by atoms with Gasteiger partial charge in [0, 0.05) is 49.2 Å². The third kappa shape index (κ3) is 10.9. The molecule has 2 saturated heterocycles. The molecule has 376 valence electrons. The maximum absolute atomic E-state index is 13.9. The van der Waals surface area contributed by atoms with E-state index in [0.29, 0.717) is 63.5 Å². The summed E-state index contributed by atoms with van der Waals surface area (Å²) in [5.41, 5.74) is 3.86. The van der Waals surface area contributed by atoms with E-state index in [0.717, 1.165) is 47.8 Å². The number of halogens is 3. The lowest BCUT2D eigenvalue weighted by Gasteiger charge is -2.31. The van der Waals surface area contributed by atoms with E-state index in [9.17, 15) is 56.3 Å². The van der Waals surface area contributed by atoms with Crippen molar-refractivity contribution in [3.05, 3.63) is 129 Å². The van der Waals surface area contributed by atoms with Gasteiger partial charge in [-0.15, -0.1) is 0 Å². The first-order chi connectivity index (χ1) is 34.3. The molecule has 16 nitrogen and oxygen atoms in total. The standard InChI is InChI=1S/C53H53F3N6O10/c1-31-9-11-35(12-10-31)29-60(32(2)53(54,55)56)46(66)30-61-50(70)52(72-51(61)71)26-25-36-28-38(19-21-41(36)52)58-44(64)23-16-33-13-17-37(18-14-33)57-43(63)8-6-4-3-5-7-34-15-20-39-40(27-34)49(69)62(48(39)68)42-22-24-45(65)59-47(42)67/h9-15,17-21,27-28,32,42H,3-8,16,22-26,29-30H2,1-2H3,(H,57,63)(H,58,64)(H,59,65,67)/t32-,42?,52+/m0/s1. The topological polar surface area (TPSA) is 209 Å². The Balaban J connectivity index is 0.749. The molecule has 72 heavy (non-hydrogen) atoms. The molecule has 0 saturated carbocycles. The van der Waals surface area contributed by atoms with Gasteiger partial charge in [-0.1, -0.05) is 66.9 Å². The number of anilines is 2. The molecule has 3 atom stereocenters. The van der Waals surface area contributed by atoms with Crippen molar-refractivity contribution < 1.29 is 61.1 Å². The molecule has 4 aromatic rings. The van der Waals surface area contributed by atoms with Gasteiger partial charge in [-0.2, -0.15) is 13.2 Å². The van der Waals surface area contributed by atoms with Crippen LogP contribution in [-0.2, 0) is 64.9 Å². The van der Waals surface area contributed by atoms with Crippen LogP contribution in [-0.4, -0.2) is 92.9 Å². The number of alkyl halides is 3. The van der Waals surface area contributed by atoms with Gasteiger partial charge in [0.25, 0.3) is 17.7 Å². The van der Waals surface area contributed by atoms with E-state index < -0.39 is 78.5 Å². The number of amides is 9. The minimum atomic E-state index is -4.77. The average Bonchev–Trinajstić information content (AvgIpc) is 3.91. The van der Waals surface area contributed by atoms with Gasteiger partial charge in [0.1, 0.15) is 18.6 Å². The Bertz CT molecular complexity index is 2850. The van der Waals surface area contributed by atoms with Crippen LogP contribution in [0, 0.1) is 6.92 Å². The number of imide groups is 3. The second kappa shape index (κ2) is 20.9. The SMILES string of the molecule is Cc1ccc(CN(C(=O)CN2C(=O)O[C@@]3(CCc4cc(NC(=O)CCc5ccc(NC(=O)CCCCCCc6ccc7c(c6)C(=O)N(C6CCC(=O)NC6=O)C7=O)cc5)ccc43)C2=O)[C@@H](C)C(F)(F)F)cc1. The van der Waals surface area contributed by atoms with Crippen LogP contribution >= 0.6 is 0 Å². The molecule has 0 bridgehead atoms. The minimum absolute atomic E-state index is 0.0466. The maximum Gasteiger partial charge on any atom is 0.418 e. The first-order valence-corrected chi connectivity index (χ1v) is 23.9. The van der Waals surface area contributed by atoms with Crippen LogP contribution in [0.1, 0.15) is 119 Å². The predicted molar refractivity (Wildman–Crippen MR) is 254 cm³/mol. The number of nitrogens with one attached hydrogen (secondary N) is 3. The number of carbonyl (C=O) groups excluding carboxylic acids is 9. The molecule has 3 N–H and O–H groups in total. The highest BCUT2D eigenvalue weighted by atomic mass is 19.4. The van der Waals surface area contributed by atoms with Crippen LogP contribution in [0.25, 0.3) is 0 Å². The van der Waals surface area contributed by atoms with E-state index in [1.807, 2.05) is 19.1 Å².